The maximum atomic E-state index is 12.8. The first-order valence-electron chi connectivity index (χ1n) is 7.72. The van der Waals surface area contributed by atoms with Gasteiger partial charge in [0.25, 0.3) is 0 Å². The third-order valence-corrected chi connectivity index (χ3v) is 4.12. The second-order valence-electron chi connectivity index (χ2n) is 6.09. The van der Waals surface area contributed by atoms with Crippen molar-refractivity contribution in [2.24, 2.45) is 17.6 Å². The summed E-state index contributed by atoms with van der Waals surface area (Å²) < 4.78 is 5.31. The average molecular weight is 304 g/mol. The molecule has 0 radical (unpaired) electrons. The standard InChI is InChI=1S/C17H24N2O3/c1-12(2)14(10-13-6-4-3-5-7-13)17(21)19-8-9-22-15(11-19)16(18)20/h3-7,12,14-15H,8-11H2,1-2H3,(H2,18,20)/t14-,15+/m1/s1. The van der Waals surface area contributed by atoms with E-state index in [2.05, 4.69) is 13.8 Å². The van der Waals surface area contributed by atoms with Gasteiger partial charge in [0.15, 0.2) is 6.10 Å². The van der Waals surface area contributed by atoms with Crippen LogP contribution in [0.25, 0.3) is 0 Å². The van der Waals surface area contributed by atoms with Gasteiger partial charge >= 0.3 is 0 Å². The van der Waals surface area contributed by atoms with Crippen molar-refractivity contribution in [1.29, 1.82) is 0 Å². The van der Waals surface area contributed by atoms with Crippen LogP contribution in [0.2, 0.25) is 0 Å². The second kappa shape index (κ2) is 7.40. The summed E-state index contributed by atoms with van der Waals surface area (Å²) >= 11 is 0. The molecule has 0 aliphatic carbocycles. The Labute approximate surface area is 131 Å². The number of morpholine rings is 1. The van der Waals surface area contributed by atoms with E-state index in [1.165, 1.54) is 0 Å². The van der Waals surface area contributed by atoms with Crippen molar-refractivity contribution >= 4 is 11.8 Å². The Kier molecular flexibility index (Phi) is 5.55. The predicted molar refractivity (Wildman–Crippen MR) is 84.0 cm³/mol. The molecule has 0 unspecified atom stereocenters. The zero-order valence-corrected chi connectivity index (χ0v) is 13.2. The van der Waals surface area contributed by atoms with E-state index in [0.29, 0.717) is 19.6 Å². The van der Waals surface area contributed by atoms with E-state index >= 15 is 0 Å². The van der Waals surface area contributed by atoms with Crippen LogP contribution in [0.5, 0.6) is 0 Å². The molecule has 0 saturated carbocycles. The lowest BCUT2D eigenvalue weighted by Crippen LogP contribution is -2.52. The van der Waals surface area contributed by atoms with Gasteiger partial charge in [-0.1, -0.05) is 44.2 Å². The first kappa shape index (κ1) is 16.5. The summed E-state index contributed by atoms with van der Waals surface area (Å²) in [5.41, 5.74) is 6.43. The Morgan fingerprint density at radius 3 is 2.59 bits per heavy atom. The fraction of sp³-hybridized carbons (Fsp3) is 0.529. The Bertz CT molecular complexity index is 516. The summed E-state index contributed by atoms with van der Waals surface area (Å²) in [6.07, 6.45) is 0.0119. The Balaban J connectivity index is 2.07. The number of carbonyl (C=O) groups excluding carboxylic acids is 2. The van der Waals surface area contributed by atoms with E-state index in [1.54, 1.807) is 4.90 Å². The molecule has 5 nitrogen and oxygen atoms in total. The molecule has 1 aromatic carbocycles. The number of rotatable bonds is 5. The lowest BCUT2D eigenvalue weighted by Gasteiger charge is -2.35. The van der Waals surface area contributed by atoms with Crippen molar-refractivity contribution < 1.29 is 14.3 Å². The SMILES string of the molecule is CC(C)[C@@H](Cc1ccccc1)C(=O)N1CCO[C@H](C(N)=O)C1. The van der Waals surface area contributed by atoms with Crippen LogP contribution in [-0.4, -0.2) is 42.5 Å². The molecule has 5 heteroatoms. The zero-order valence-electron chi connectivity index (χ0n) is 13.2. The van der Waals surface area contributed by atoms with Crippen molar-refractivity contribution in [3.8, 4) is 0 Å². The first-order chi connectivity index (χ1) is 10.5. The van der Waals surface area contributed by atoms with Crippen LogP contribution >= 0.6 is 0 Å². The van der Waals surface area contributed by atoms with E-state index in [4.69, 9.17) is 10.5 Å². The highest BCUT2D eigenvalue weighted by Gasteiger charge is 2.32. The number of hydrogen-bond acceptors (Lipinski definition) is 3. The molecule has 2 N–H and O–H groups in total. The van der Waals surface area contributed by atoms with E-state index in [-0.39, 0.29) is 24.3 Å². The largest absolute Gasteiger partial charge is 0.367 e. The van der Waals surface area contributed by atoms with Gasteiger partial charge in [-0.3, -0.25) is 9.59 Å². The molecular formula is C17H24N2O3. The van der Waals surface area contributed by atoms with Gasteiger partial charge in [0.1, 0.15) is 0 Å². The molecular weight excluding hydrogens is 280 g/mol. The number of nitrogens with two attached hydrogens (primary N) is 1. The van der Waals surface area contributed by atoms with Crippen molar-refractivity contribution in [2.75, 3.05) is 19.7 Å². The maximum absolute atomic E-state index is 12.8. The van der Waals surface area contributed by atoms with Crippen molar-refractivity contribution in [3.63, 3.8) is 0 Å². The van der Waals surface area contributed by atoms with Crippen LogP contribution in [0.15, 0.2) is 30.3 Å². The number of nitrogens with zero attached hydrogens (tertiary/aromatic N) is 1. The molecule has 22 heavy (non-hydrogen) atoms. The zero-order chi connectivity index (χ0) is 16.1. The summed E-state index contributed by atoms with van der Waals surface area (Å²) in [4.78, 5) is 25.8. The minimum absolute atomic E-state index is 0.0772. The summed E-state index contributed by atoms with van der Waals surface area (Å²) in [5.74, 6) is -0.313. The molecule has 1 fully saturated rings. The molecule has 120 valence electrons. The van der Waals surface area contributed by atoms with Crippen molar-refractivity contribution in [3.05, 3.63) is 35.9 Å². The molecule has 1 aliphatic rings. The molecule has 0 bridgehead atoms. The van der Waals surface area contributed by atoms with Crippen LogP contribution in [-0.2, 0) is 20.7 Å². The fourth-order valence-electron chi connectivity index (χ4n) is 2.73. The lowest BCUT2D eigenvalue weighted by atomic mass is 9.87. The highest BCUT2D eigenvalue weighted by atomic mass is 16.5. The van der Waals surface area contributed by atoms with E-state index in [0.717, 1.165) is 5.56 Å². The van der Waals surface area contributed by atoms with Crippen LogP contribution in [0.3, 0.4) is 0 Å². The molecule has 0 aromatic heterocycles. The lowest BCUT2D eigenvalue weighted by molar-refractivity contribution is -0.149. The summed E-state index contributed by atoms with van der Waals surface area (Å²) in [5, 5.41) is 0. The molecule has 1 aliphatic heterocycles. The number of primary amides is 1. The van der Waals surface area contributed by atoms with Crippen molar-refractivity contribution in [2.45, 2.75) is 26.4 Å². The maximum Gasteiger partial charge on any atom is 0.248 e. The molecule has 2 amide bonds. The molecule has 0 spiro atoms. The van der Waals surface area contributed by atoms with Crippen LogP contribution in [0.1, 0.15) is 19.4 Å². The van der Waals surface area contributed by atoms with E-state index < -0.39 is 12.0 Å². The number of carbonyl (C=O) groups is 2. The minimum Gasteiger partial charge on any atom is -0.367 e. The van der Waals surface area contributed by atoms with Crippen LogP contribution in [0.4, 0.5) is 0 Å². The third kappa shape index (κ3) is 4.07. The number of ether oxygens (including phenoxy) is 1. The molecule has 1 saturated heterocycles. The quantitative estimate of drug-likeness (QED) is 0.889. The van der Waals surface area contributed by atoms with Crippen LogP contribution < -0.4 is 5.73 Å². The third-order valence-electron chi connectivity index (χ3n) is 4.12. The summed E-state index contributed by atoms with van der Waals surface area (Å²) in [6, 6.07) is 10.0. The average Bonchev–Trinajstić information content (AvgIpc) is 2.53. The molecule has 1 heterocycles. The van der Waals surface area contributed by atoms with Gasteiger partial charge in [0, 0.05) is 12.5 Å². The minimum atomic E-state index is -0.692. The van der Waals surface area contributed by atoms with Gasteiger partial charge in [0.05, 0.1) is 13.2 Å². The molecule has 1 aromatic rings. The van der Waals surface area contributed by atoms with Crippen LogP contribution in [0, 0.1) is 11.8 Å². The number of benzene rings is 1. The normalized spacial score (nSPS) is 20.0. The van der Waals surface area contributed by atoms with Crippen molar-refractivity contribution in [1.82, 2.24) is 4.90 Å². The monoisotopic (exact) mass is 304 g/mol. The van der Waals surface area contributed by atoms with Gasteiger partial charge in [-0.05, 0) is 17.9 Å². The number of amides is 2. The first-order valence-corrected chi connectivity index (χ1v) is 7.72. The topological polar surface area (TPSA) is 72.6 Å². The number of hydrogen-bond donors (Lipinski definition) is 1. The van der Waals surface area contributed by atoms with Gasteiger partial charge in [0.2, 0.25) is 11.8 Å². The van der Waals surface area contributed by atoms with E-state index in [1.807, 2.05) is 30.3 Å². The molecule has 2 atom stereocenters. The predicted octanol–water partition coefficient (Wildman–Crippen LogP) is 1.21. The van der Waals surface area contributed by atoms with Gasteiger partial charge in [-0.25, -0.2) is 0 Å². The van der Waals surface area contributed by atoms with Gasteiger partial charge in [-0.15, -0.1) is 0 Å². The summed E-state index contributed by atoms with van der Waals surface area (Å²) in [6.45, 7) is 5.23. The van der Waals surface area contributed by atoms with Gasteiger partial charge < -0.3 is 15.4 Å². The molecule has 2 rings (SSSR count). The van der Waals surface area contributed by atoms with E-state index in [9.17, 15) is 9.59 Å². The summed E-state index contributed by atoms with van der Waals surface area (Å²) in [7, 11) is 0. The smallest absolute Gasteiger partial charge is 0.248 e. The highest BCUT2D eigenvalue weighted by Crippen LogP contribution is 2.21. The van der Waals surface area contributed by atoms with Gasteiger partial charge in [-0.2, -0.15) is 0 Å². The highest BCUT2D eigenvalue weighted by molar-refractivity contribution is 5.83. The Hall–Kier alpha value is -1.88. The fourth-order valence-corrected chi connectivity index (χ4v) is 2.73. The Morgan fingerprint density at radius 1 is 1.32 bits per heavy atom. The Morgan fingerprint density at radius 2 is 2.00 bits per heavy atom. The second-order valence-corrected chi connectivity index (χ2v) is 6.09.